The smallest absolute Gasteiger partial charge is 0.333 e. The van der Waals surface area contributed by atoms with E-state index in [1.54, 1.807) is 6.08 Å². The summed E-state index contributed by atoms with van der Waals surface area (Å²) in [4.78, 5) is 43.5. The van der Waals surface area contributed by atoms with Crippen LogP contribution in [0.2, 0.25) is 0 Å². The van der Waals surface area contributed by atoms with Gasteiger partial charge in [0.2, 0.25) is 0 Å². The lowest BCUT2D eigenvalue weighted by molar-refractivity contribution is -0.135. The molecule has 1 aliphatic heterocycles. The monoisotopic (exact) mass is 427 g/mol. The zero-order chi connectivity index (χ0) is 22.8. The third-order valence-corrected chi connectivity index (χ3v) is 5.60. The Kier molecular flexibility index (Phi) is 9.76. The first-order valence-electron chi connectivity index (χ1n) is 11.6. The molecule has 31 heavy (non-hydrogen) atoms. The number of benzene rings is 1. The molecule has 170 valence electrons. The molecule has 6 heteroatoms. The molecule has 0 aliphatic carbocycles. The molecular formula is C25H37N3O3. The van der Waals surface area contributed by atoms with Gasteiger partial charge in [-0.2, -0.15) is 0 Å². The molecule has 0 atom stereocenters. The van der Waals surface area contributed by atoms with Gasteiger partial charge in [-0.3, -0.25) is 19.4 Å². The molecule has 0 unspecified atom stereocenters. The minimum Gasteiger partial charge on any atom is -0.378 e. The first-order valence-corrected chi connectivity index (χ1v) is 11.6. The fraction of sp³-hybridized carbons (Fsp3) is 0.560. The standard InChI is InChI=1S/C25H37N3O3/c1-5-7-9-10-11-12-18-28-24(30)22(23(29)27(25(28)31)17-8-6-2)19-20-13-15-21(16-14-20)26(3)4/h13-16,19H,5-12,17-18H2,1-4H3/b22-19+. The fourth-order valence-corrected chi connectivity index (χ4v) is 3.62. The second kappa shape index (κ2) is 12.3. The van der Waals surface area contributed by atoms with Crippen molar-refractivity contribution in [3.8, 4) is 0 Å². The Morgan fingerprint density at radius 2 is 1.26 bits per heavy atom. The van der Waals surface area contributed by atoms with Gasteiger partial charge in [-0.25, -0.2) is 4.79 Å². The van der Waals surface area contributed by atoms with Crippen molar-refractivity contribution in [3.63, 3.8) is 0 Å². The molecule has 0 saturated carbocycles. The highest BCUT2D eigenvalue weighted by atomic mass is 16.2. The van der Waals surface area contributed by atoms with E-state index in [2.05, 4.69) is 6.92 Å². The maximum atomic E-state index is 13.1. The van der Waals surface area contributed by atoms with Crippen molar-refractivity contribution >= 4 is 29.6 Å². The van der Waals surface area contributed by atoms with Gasteiger partial charge in [-0.1, -0.05) is 64.5 Å². The summed E-state index contributed by atoms with van der Waals surface area (Å²) in [5, 5.41) is 0. The number of hydrogen-bond donors (Lipinski definition) is 0. The van der Waals surface area contributed by atoms with Gasteiger partial charge < -0.3 is 4.90 Å². The summed E-state index contributed by atoms with van der Waals surface area (Å²) in [5.41, 5.74) is 1.87. The first-order chi connectivity index (χ1) is 14.9. The van der Waals surface area contributed by atoms with E-state index in [9.17, 15) is 14.4 Å². The summed E-state index contributed by atoms with van der Waals surface area (Å²) in [6, 6.07) is 7.18. The number of carbonyl (C=O) groups is 3. The lowest BCUT2D eigenvalue weighted by Crippen LogP contribution is -2.56. The molecule has 1 fully saturated rings. The van der Waals surface area contributed by atoms with Crippen molar-refractivity contribution in [1.29, 1.82) is 0 Å². The number of nitrogens with zero attached hydrogens (tertiary/aromatic N) is 3. The van der Waals surface area contributed by atoms with Crippen molar-refractivity contribution in [2.24, 2.45) is 0 Å². The molecule has 1 heterocycles. The molecule has 2 rings (SSSR count). The summed E-state index contributed by atoms with van der Waals surface area (Å²) in [7, 11) is 3.91. The van der Waals surface area contributed by atoms with Crippen LogP contribution in [0.5, 0.6) is 0 Å². The van der Waals surface area contributed by atoms with Crippen molar-refractivity contribution in [2.75, 3.05) is 32.1 Å². The highest BCUT2D eigenvalue weighted by Crippen LogP contribution is 2.22. The van der Waals surface area contributed by atoms with E-state index in [1.807, 2.05) is 50.2 Å². The Labute approximate surface area is 186 Å². The van der Waals surface area contributed by atoms with Crippen LogP contribution in [0.1, 0.15) is 70.8 Å². The van der Waals surface area contributed by atoms with Gasteiger partial charge in [0.25, 0.3) is 11.8 Å². The van der Waals surface area contributed by atoms with E-state index >= 15 is 0 Å². The van der Waals surface area contributed by atoms with E-state index in [4.69, 9.17) is 0 Å². The van der Waals surface area contributed by atoms with Crippen LogP contribution in [0.4, 0.5) is 10.5 Å². The van der Waals surface area contributed by atoms with Crippen LogP contribution >= 0.6 is 0 Å². The fourth-order valence-electron chi connectivity index (χ4n) is 3.62. The SMILES string of the molecule is CCCCCCCCN1C(=O)/C(=C/c2ccc(N(C)C)cc2)C(=O)N(CCCC)C1=O. The molecule has 0 radical (unpaired) electrons. The Morgan fingerprint density at radius 3 is 1.81 bits per heavy atom. The third kappa shape index (κ3) is 6.68. The van der Waals surface area contributed by atoms with Gasteiger partial charge in [0, 0.05) is 32.9 Å². The second-order valence-electron chi connectivity index (χ2n) is 8.36. The molecule has 4 amide bonds. The third-order valence-electron chi connectivity index (χ3n) is 5.60. The van der Waals surface area contributed by atoms with E-state index in [-0.39, 0.29) is 5.57 Å². The van der Waals surface area contributed by atoms with Crippen LogP contribution in [0, 0.1) is 0 Å². The van der Waals surface area contributed by atoms with Crippen LogP contribution in [0.25, 0.3) is 6.08 Å². The molecule has 1 aromatic rings. The number of hydrogen-bond acceptors (Lipinski definition) is 4. The summed E-state index contributed by atoms with van der Waals surface area (Å²) >= 11 is 0. The molecule has 0 N–H and O–H groups in total. The zero-order valence-corrected chi connectivity index (χ0v) is 19.5. The summed E-state index contributed by atoms with van der Waals surface area (Å²) in [5.74, 6) is -0.965. The van der Waals surface area contributed by atoms with Crippen LogP contribution in [0.15, 0.2) is 29.8 Å². The number of amides is 4. The minimum absolute atomic E-state index is 0.0688. The topological polar surface area (TPSA) is 60.9 Å². The van der Waals surface area contributed by atoms with Gasteiger partial charge in [0.05, 0.1) is 0 Å². The average Bonchev–Trinajstić information content (AvgIpc) is 2.76. The Bertz CT molecular complexity index is 784. The lowest BCUT2D eigenvalue weighted by Gasteiger charge is -2.34. The number of carbonyl (C=O) groups excluding carboxylic acids is 3. The Morgan fingerprint density at radius 1 is 0.742 bits per heavy atom. The van der Waals surface area contributed by atoms with Gasteiger partial charge in [-0.15, -0.1) is 0 Å². The summed E-state index contributed by atoms with van der Waals surface area (Å²) in [6.45, 7) is 4.89. The lowest BCUT2D eigenvalue weighted by atomic mass is 10.0. The number of anilines is 1. The van der Waals surface area contributed by atoms with Crippen LogP contribution in [0.3, 0.4) is 0 Å². The molecule has 1 aromatic carbocycles. The summed E-state index contributed by atoms with van der Waals surface area (Å²) in [6.07, 6.45) is 9.62. The average molecular weight is 428 g/mol. The maximum Gasteiger partial charge on any atom is 0.333 e. The predicted molar refractivity (Wildman–Crippen MR) is 126 cm³/mol. The Balaban J connectivity index is 2.21. The molecule has 6 nitrogen and oxygen atoms in total. The maximum absolute atomic E-state index is 13.1. The highest BCUT2D eigenvalue weighted by molar-refractivity contribution is 6.30. The molecule has 0 spiro atoms. The van der Waals surface area contributed by atoms with E-state index in [0.29, 0.717) is 13.1 Å². The summed E-state index contributed by atoms with van der Waals surface area (Å²) < 4.78 is 0. The molecule has 1 saturated heterocycles. The molecule has 1 aliphatic rings. The molecule has 0 aromatic heterocycles. The van der Waals surface area contributed by atoms with Crippen molar-refractivity contribution in [1.82, 2.24) is 9.80 Å². The van der Waals surface area contributed by atoms with Gasteiger partial charge >= 0.3 is 6.03 Å². The van der Waals surface area contributed by atoms with Crippen molar-refractivity contribution in [3.05, 3.63) is 35.4 Å². The van der Waals surface area contributed by atoms with E-state index in [1.165, 1.54) is 29.1 Å². The predicted octanol–water partition coefficient (Wildman–Crippen LogP) is 5.09. The number of barbiturate groups is 1. The van der Waals surface area contributed by atoms with Crippen LogP contribution in [-0.2, 0) is 9.59 Å². The second-order valence-corrected chi connectivity index (χ2v) is 8.36. The van der Waals surface area contributed by atoms with Crippen LogP contribution in [-0.4, -0.2) is 54.8 Å². The van der Waals surface area contributed by atoms with Gasteiger partial charge in [0.15, 0.2) is 0 Å². The van der Waals surface area contributed by atoms with Crippen molar-refractivity contribution < 1.29 is 14.4 Å². The quantitative estimate of drug-likeness (QED) is 0.265. The van der Waals surface area contributed by atoms with E-state index in [0.717, 1.165) is 43.4 Å². The minimum atomic E-state index is -0.487. The zero-order valence-electron chi connectivity index (χ0n) is 19.5. The van der Waals surface area contributed by atoms with Crippen molar-refractivity contribution in [2.45, 2.75) is 65.2 Å². The Hall–Kier alpha value is -2.63. The van der Waals surface area contributed by atoms with Gasteiger partial charge in [0.1, 0.15) is 5.57 Å². The first kappa shape index (κ1) is 24.6. The van der Waals surface area contributed by atoms with Gasteiger partial charge in [-0.05, 0) is 36.6 Å². The normalized spacial score (nSPS) is 15.9. The van der Waals surface area contributed by atoms with E-state index < -0.39 is 17.8 Å². The molecule has 0 bridgehead atoms. The number of unbranched alkanes of at least 4 members (excludes halogenated alkanes) is 6. The number of urea groups is 1. The number of imide groups is 2. The highest BCUT2D eigenvalue weighted by Gasteiger charge is 2.41. The molecular weight excluding hydrogens is 390 g/mol. The number of rotatable bonds is 12. The van der Waals surface area contributed by atoms with Crippen LogP contribution < -0.4 is 4.90 Å². The largest absolute Gasteiger partial charge is 0.378 e.